The van der Waals surface area contributed by atoms with Gasteiger partial charge < -0.3 is 24.3 Å². The molecule has 0 spiro atoms. The SMILES string of the molecule is O=C(COc1ccc2c(c1)OCO2)NCCOc1ccc2nnc(-c3cccc(F)c3)n2n1. The van der Waals surface area contributed by atoms with Crippen LogP contribution in [0.5, 0.6) is 23.1 Å². The first-order valence-corrected chi connectivity index (χ1v) is 10.1. The van der Waals surface area contributed by atoms with Gasteiger partial charge in [-0.25, -0.2) is 4.39 Å². The zero-order valence-corrected chi connectivity index (χ0v) is 17.2. The lowest BCUT2D eigenvalue weighted by molar-refractivity contribution is -0.123. The Hall–Kier alpha value is -4.41. The van der Waals surface area contributed by atoms with Gasteiger partial charge in [0, 0.05) is 17.7 Å². The van der Waals surface area contributed by atoms with Crippen molar-refractivity contribution in [1.29, 1.82) is 0 Å². The van der Waals surface area contributed by atoms with Gasteiger partial charge in [0.2, 0.25) is 12.7 Å². The Morgan fingerprint density at radius 3 is 2.88 bits per heavy atom. The van der Waals surface area contributed by atoms with Crippen LogP contribution in [0.25, 0.3) is 17.0 Å². The Balaban J connectivity index is 1.12. The van der Waals surface area contributed by atoms with Crippen LogP contribution in [0, 0.1) is 5.82 Å². The second-order valence-corrected chi connectivity index (χ2v) is 6.98. The van der Waals surface area contributed by atoms with Gasteiger partial charge in [-0.1, -0.05) is 12.1 Å². The van der Waals surface area contributed by atoms with Gasteiger partial charge in [0.1, 0.15) is 18.2 Å². The smallest absolute Gasteiger partial charge is 0.258 e. The molecule has 0 bridgehead atoms. The van der Waals surface area contributed by atoms with E-state index in [4.69, 9.17) is 18.9 Å². The van der Waals surface area contributed by atoms with E-state index in [1.165, 1.54) is 16.6 Å². The number of amides is 1. The Morgan fingerprint density at radius 2 is 1.97 bits per heavy atom. The van der Waals surface area contributed by atoms with Crippen LogP contribution in [-0.4, -0.2) is 52.3 Å². The molecule has 5 rings (SSSR count). The summed E-state index contributed by atoms with van der Waals surface area (Å²) >= 11 is 0. The molecule has 33 heavy (non-hydrogen) atoms. The van der Waals surface area contributed by atoms with Crippen LogP contribution in [0.3, 0.4) is 0 Å². The predicted molar refractivity (Wildman–Crippen MR) is 113 cm³/mol. The summed E-state index contributed by atoms with van der Waals surface area (Å²) in [5.74, 6) is 1.76. The number of carbonyl (C=O) groups is 1. The molecule has 0 radical (unpaired) electrons. The molecule has 2 aromatic heterocycles. The monoisotopic (exact) mass is 451 g/mol. The van der Waals surface area contributed by atoms with Crippen LogP contribution >= 0.6 is 0 Å². The van der Waals surface area contributed by atoms with Crippen molar-refractivity contribution in [2.45, 2.75) is 0 Å². The van der Waals surface area contributed by atoms with E-state index in [1.54, 1.807) is 42.5 Å². The summed E-state index contributed by atoms with van der Waals surface area (Å²) in [6.45, 7) is 0.458. The number of benzene rings is 2. The van der Waals surface area contributed by atoms with E-state index in [9.17, 15) is 9.18 Å². The maximum absolute atomic E-state index is 13.6. The molecular formula is C22H18FN5O5. The van der Waals surface area contributed by atoms with Gasteiger partial charge in [-0.15, -0.1) is 15.3 Å². The number of nitrogens with one attached hydrogen (secondary N) is 1. The van der Waals surface area contributed by atoms with Crippen molar-refractivity contribution in [1.82, 2.24) is 25.1 Å². The van der Waals surface area contributed by atoms with E-state index in [-0.39, 0.29) is 38.3 Å². The first-order valence-electron chi connectivity index (χ1n) is 10.1. The number of fused-ring (bicyclic) bond motifs is 2. The fourth-order valence-electron chi connectivity index (χ4n) is 3.17. The summed E-state index contributed by atoms with van der Waals surface area (Å²) in [7, 11) is 0. The number of hydrogen-bond donors (Lipinski definition) is 1. The Bertz CT molecular complexity index is 1310. The predicted octanol–water partition coefficient (Wildman–Crippen LogP) is 2.23. The topological polar surface area (TPSA) is 109 Å². The van der Waals surface area contributed by atoms with E-state index < -0.39 is 0 Å². The Kier molecular flexibility index (Phi) is 5.58. The molecule has 4 aromatic rings. The molecule has 1 aliphatic rings. The quantitative estimate of drug-likeness (QED) is 0.406. The average molecular weight is 451 g/mol. The molecule has 2 aromatic carbocycles. The molecule has 10 nitrogen and oxygen atoms in total. The molecular weight excluding hydrogens is 433 g/mol. The van der Waals surface area contributed by atoms with Crippen molar-refractivity contribution in [3.63, 3.8) is 0 Å². The summed E-state index contributed by atoms with van der Waals surface area (Å²) in [5.41, 5.74) is 1.04. The van der Waals surface area contributed by atoms with E-state index in [0.717, 1.165) is 0 Å². The summed E-state index contributed by atoms with van der Waals surface area (Å²) in [6, 6.07) is 14.4. The maximum Gasteiger partial charge on any atom is 0.258 e. The lowest BCUT2D eigenvalue weighted by Crippen LogP contribution is -2.32. The zero-order valence-electron chi connectivity index (χ0n) is 17.2. The van der Waals surface area contributed by atoms with Gasteiger partial charge in [-0.05, 0) is 30.3 Å². The minimum absolute atomic E-state index is 0.151. The zero-order chi connectivity index (χ0) is 22.6. The van der Waals surface area contributed by atoms with Crippen molar-refractivity contribution in [2.75, 3.05) is 26.6 Å². The third-order valence-corrected chi connectivity index (χ3v) is 4.71. The summed E-state index contributed by atoms with van der Waals surface area (Å²) < 4.78 is 36.6. The molecule has 0 saturated carbocycles. The first kappa shape index (κ1) is 20.5. The van der Waals surface area contributed by atoms with Crippen LogP contribution in [0.2, 0.25) is 0 Å². The molecule has 0 aliphatic carbocycles. The van der Waals surface area contributed by atoms with Crippen molar-refractivity contribution in [3.8, 4) is 34.5 Å². The van der Waals surface area contributed by atoms with Gasteiger partial charge in [0.05, 0.1) is 6.54 Å². The fraction of sp³-hybridized carbons (Fsp3) is 0.182. The number of aromatic nitrogens is 4. The van der Waals surface area contributed by atoms with Crippen molar-refractivity contribution < 1.29 is 28.1 Å². The fourth-order valence-corrected chi connectivity index (χ4v) is 3.17. The van der Waals surface area contributed by atoms with E-state index in [1.807, 2.05) is 0 Å². The molecule has 0 atom stereocenters. The van der Waals surface area contributed by atoms with Gasteiger partial charge in [0.25, 0.3) is 5.91 Å². The van der Waals surface area contributed by atoms with Crippen LogP contribution in [-0.2, 0) is 4.79 Å². The number of rotatable bonds is 8. The van der Waals surface area contributed by atoms with E-state index in [0.29, 0.717) is 40.2 Å². The third-order valence-electron chi connectivity index (χ3n) is 4.71. The highest BCUT2D eigenvalue weighted by molar-refractivity contribution is 5.77. The first-order chi connectivity index (χ1) is 16.2. The minimum atomic E-state index is -0.380. The number of ether oxygens (including phenoxy) is 4. The molecule has 11 heteroatoms. The summed E-state index contributed by atoms with van der Waals surface area (Å²) in [5, 5.41) is 15.2. The minimum Gasteiger partial charge on any atom is -0.484 e. The molecule has 1 N–H and O–H groups in total. The number of hydrogen-bond acceptors (Lipinski definition) is 8. The molecule has 0 saturated heterocycles. The summed E-state index contributed by atoms with van der Waals surface area (Å²) in [4.78, 5) is 12.0. The Morgan fingerprint density at radius 1 is 1.06 bits per heavy atom. The Labute approximate surface area is 186 Å². The number of nitrogens with zero attached hydrogens (tertiary/aromatic N) is 4. The largest absolute Gasteiger partial charge is 0.484 e. The number of carbonyl (C=O) groups excluding carboxylic acids is 1. The third kappa shape index (κ3) is 4.61. The van der Waals surface area contributed by atoms with Crippen LogP contribution in [0.15, 0.2) is 54.6 Å². The van der Waals surface area contributed by atoms with Crippen LogP contribution in [0.1, 0.15) is 0 Å². The molecule has 168 valence electrons. The van der Waals surface area contributed by atoms with Gasteiger partial charge in [-0.3, -0.25) is 4.79 Å². The molecule has 3 heterocycles. The van der Waals surface area contributed by atoms with Crippen molar-refractivity contribution in [2.24, 2.45) is 0 Å². The highest BCUT2D eigenvalue weighted by Gasteiger charge is 2.14. The van der Waals surface area contributed by atoms with Gasteiger partial charge in [-0.2, -0.15) is 4.52 Å². The second-order valence-electron chi connectivity index (χ2n) is 6.98. The van der Waals surface area contributed by atoms with Crippen LogP contribution < -0.4 is 24.3 Å². The maximum atomic E-state index is 13.6. The normalized spacial score (nSPS) is 12.0. The molecule has 0 fully saturated rings. The molecule has 1 amide bonds. The lowest BCUT2D eigenvalue weighted by atomic mass is 10.2. The highest BCUT2D eigenvalue weighted by atomic mass is 19.1. The van der Waals surface area contributed by atoms with Crippen molar-refractivity contribution in [3.05, 3.63) is 60.4 Å². The van der Waals surface area contributed by atoms with Gasteiger partial charge >= 0.3 is 0 Å². The number of halogens is 1. The van der Waals surface area contributed by atoms with Crippen molar-refractivity contribution >= 4 is 11.6 Å². The lowest BCUT2D eigenvalue weighted by Gasteiger charge is -2.09. The summed E-state index contributed by atoms with van der Waals surface area (Å²) in [6.07, 6.45) is 0. The van der Waals surface area contributed by atoms with Gasteiger partial charge in [0.15, 0.2) is 29.6 Å². The van der Waals surface area contributed by atoms with E-state index >= 15 is 0 Å². The highest BCUT2D eigenvalue weighted by Crippen LogP contribution is 2.35. The van der Waals surface area contributed by atoms with E-state index in [2.05, 4.69) is 20.6 Å². The second kappa shape index (κ2) is 8.99. The standard InChI is InChI=1S/C22H18FN5O5/c23-15-3-1-2-14(10-15)22-26-25-19-6-7-21(27-28(19)22)30-9-8-24-20(29)12-31-16-4-5-17-18(11-16)33-13-32-17/h1-7,10-11H,8-9,12-13H2,(H,24,29). The van der Waals surface area contributed by atoms with Crippen LogP contribution in [0.4, 0.5) is 4.39 Å². The average Bonchev–Trinajstić information content (AvgIpc) is 3.47. The molecule has 1 aliphatic heterocycles. The molecule has 0 unspecified atom stereocenters.